The van der Waals surface area contributed by atoms with Crippen LogP contribution in [0.15, 0.2) is 152 Å². The number of benzene rings is 5. The SMILES string of the molecule is Cc1ccc(CCNC(=O)c2cnc(C)nc2NCC(C)(C)C)cc1.Cc1cccc(CCNC(=O)c2cnc(C)nc2NCC(C)(C)C)c1.Cc1ncc(C(=O)NCCc2ccc(CN3CCN([11CH3])CC3)cc2)c(NCC(C)(C)C)n1.Cc1ncc(C(=O)NCCc2ccc(N3CCN([11CH3])CC3)cc2)c(NCC(C)(C)C)n1.Cc1ncc(C(=O)NCCc2cccc(N3CCN([11CH3])CC3)c2)c(NCC(C)(C)C)n1. The second-order valence-electron chi connectivity index (χ2n) is 44.3. The monoisotopic (exact) mass is 1960 g/mol. The molecule has 3 saturated heterocycles. The number of likely N-dealkylation sites (N-methyl/N-ethyl adjacent to an activating group) is 3. The van der Waals surface area contributed by atoms with Crippen LogP contribution in [0.4, 0.5) is 40.5 Å². The normalized spacial score (nSPS) is 13.8. The second kappa shape index (κ2) is 55.4. The van der Waals surface area contributed by atoms with Crippen molar-refractivity contribution in [3.8, 4) is 0 Å². The van der Waals surface area contributed by atoms with Crippen molar-refractivity contribution in [1.82, 2.24) is 96.0 Å². The maximum atomic E-state index is 12.8. The van der Waals surface area contributed by atoms with E-state index in [1.165, 1.54) is 55.9 Å². The summed E-state index contributed by atoms with van der Waals surface area (Å²) < 4.78 is 0. The fraction of sp³-hybridized carbons (Fsp3) is 0.513. The molecule has 10 aromatic rings. The summed E-state index contributed by atoms with van der Waals surface area (Å²) in [5.41, 5.74) is 15.3. The molecule has 5 aromatic carbocycles. The van der Waals surface area contributed by atoms with Crippen molar-refractivity contribution >= 4 is 70.0 Å². The van der Waals surface area contributed by atoms with E-state index in [0.29, 0.717) is 119 Å². The zero-order valence-corrected chi connectivity index (χ0v) is 90.9. The Bertz CT molecular complexity index is 5700. The first-order valence-electron chi connectivity index (χ1n) is 51.0. The Morgan fingerprint density at radius 1 is 0.271 bits per heavy atom. The van der Waals surface area contributed by atoms with Crippen molar-refractivity contribution in [3.63, 3.8) is 0 Å². The quantitative estimate of drug-likeness (QED) is 0.0179. The number of aryl methyl sites for hydroxylation is 7. The maximum absolute atomic E-state index is 12.8. The van der Waals surface area contributed by atoms with Crippen molar-refractivity contribution in [3.05, 3.63) is 254 Å². The van der Waals surface area contributed by atoms with Gasteiger partial charge in [-0.3, -0.25) is 28.9 Å². The number of anilines is 7. The van der Waals surface area contributed by atoms with Crippen LogP contribution in [0.2, 0.25) is 0 Å². The summed E-state index contributed by atoms with van der Waals surface area (Å²) in [6.45, 7) is 66.0. The first-order valence-corrected chi connectivity index (χ1v) is 51.0. The highest BCUT2D eigenvalue weighted by atomic mass is 16.2. The van der Waals surface area contributed by atoms with E-state index in [9.17, 15) is 24.0 Å². The third kappa shape index (κ3) is 42.3. The molecule has 31 nitrogen and oxygen atoms in total. The molecule has 3 fully saturated rings. The number of hydrogen-bond donors (Lipinski definition) is 10. The summed E-state index contributed by atoms with van der Waals surface area (Å²) in [7, 11) is 6.51. The first-order chi connectivity index (χ1) is 68.1. The highest BCUT2D eigenvalue weighted by Gasteiger charge is 2.26. The van der Waals surface area contributed by atoms with Gasteiger partial charge in [-0.1, -0.05) is 212 Å². The number of aromatic nitrogens is 10. The number of carbonyl (C=O) groups excluding carboxylic acids is 5. The molecule has 31 heteroatoms. The molecule has 144 heavy (non-hydrogen) atoms. The van der Waals surface area contributed by atoms with Gasteiger partial charge in [0.2, 0.25) is 0 Å². The van der Waals surface area contributed by atoms with Crippen LogP contribution in [0.5, 0.6) is 0 Å². The first kappa shape index (κ1) is 115. The van der Waals surface area contributed by atoms with Crippen LogP contribution in [-0.2, 0) is 38.6 Å². The van der Waals surface area contributed by atoms with Crippen molar-refractivity contribution in [2.45, 2.75) is 191 Å². The molecule has 5 aromatic heterocycles. The summed E-state index contributed by atoms with van der Waals surface area (Å²) in [6, 6.07) is 42.7. The number of rotatable bonds is 34. The van der Waals surface area contributed by atoms with Crippen molar-refractivity contribution in [2.75, 3.05) is 202 Å². The number of nitrogens with zero attached hydrogens (tertiary/aromatic N) is 16. The van der Waals surface area contributed by atoms with E-state index < -0.39 is 0 Å². The molecule has 13 rings (SSSR count). The van der Waals surface area contributed by atoms with Crippen molar-refractivity contribution in [1.29, 1.82) is 0 Å². The lowest BCUT2D eigenvalue weighted by Gasteiger charge is -2.34. The average Bonchev–Trinajstić information content (AvgIpc) is 0.857. The smallest absolute Gasteiger partial charge is 0.256 e. The van der Waals surface area contributed by atoms with Gasteiger partial charge in [-0.05, 0) is 186 Å². The van der Waals surface area contributed by atoms with Crippen LogP contribution in [0, 0.1) is 75.5 Å². The number of piperazine rings is 3. The van der Waals surface area contributed by atoms with Crippen molar-refractivity contribution in [2.24, 2.45) is 27.1 Å². The molecule has 0 unspecified atom stereocenters. The molecule has 5 amide bonds. The molecule has 10 N–H and O–H groups in total. The minimum Gasteiger partial charge on any atom is -0.369 e. The Balaban J connectivity index is 0.000000201. The van der Waals surface area contributed by atoms with E-state index in [-0.39, 0.29) is 56.6 Å². The Labute approximate surface area is 858 Å². The summed E-state index contributed by atoms with van der Waals surface area (Å²) in [6.07, 6.45) is 12.0. The van der Waals surface area contributed by atoms with Gasteiger partial charge in [0.05, 0.1) is 0 Å². The van der Waals surface area contributed by atoms with Gasteiger partial charge in [-0.15, -0.1) is 0 Å². The van der Waals surface area contributed by atoms with Gasteiger partial charge in [0.25, 0.3) is 29.5 Å². The number of hydrogen-bond acceptors (Lipinski definition) is 26. The van der Waals surface area contributed by atoms with E-state index in [4.69, 9.17) is 0 Å². The predicted octanol–water partition coefficient (Wildman–Crippen LogP) is 15.9. The van der Waals surface area contributed by atoms with Gasteiger partial charge in [-0.25, -0.2) is 49.8 Å². The highest BCUT2D eigenvalue weighted by Crippen LogP contribution is 2.27. The fourth-order valence-corrected chi connectivity index (χ4v) is 15.3. The minimum atomic E-state index is -0.150. The van der Waals surface area contributed by atoms with Crippen LogP contribution in [0.1, 0.15) is 229 Å². The summed E-state index contributed by atoms with van der Waals surface area (Å²) in [5, 5.41) is 31.5. The predicted molar refractivity (Wildman–Crippen MR) is 588 cm³/mol. The van der Waals surface area contributed by atoms with E-state index in [1.54, 1.807) is 31.0 Å². The molecular formula is C113H166N26O5. The number of nitrogens with one attached hydrogen (secondary N) is 10. The Morgan fingerprint density at radius 3 is 0.812 bits per heavy atom. The van der Waals surface area contributed by atoms with Crippen LogP contribution in [0.25, 0.3) is 0 Å². The van der Waals surface area contributed by atoms with E-state index in [2.05, 4.69) is 387 Å². The zero-order chi connectivity index (χ0) is 105. The highest BCUT2D eigenvalue weighted by molar-refractivity contribution is 6.01. The van der Waals surface area contributed by atoms with Gasteiger partial charge in [0, 0.05) is 193 Å². The molecule has 3 aliphatic rings. The third-order valence-electron chi connectivity index (χ3n) is 24.0. The standard InChI is InChI=1S/C25H38N6O.2C24H36N6O.2C20H28N4O/c1-19-27-16-22(23(29-19)28-18-25(2,3)4)24(32)26-11-10-20-6-8-21(9-7-20)17-31-14-12-30(5)13-15-31;1-18-26-16-21(22(28-18)27-17-24(2,3)4)23(31)25-11-10-19-6-8-20(9-7-19)30-14-12-29(5)13-15-30;1-18-26-16-21(22(28-18)27-17-24(2,3)4)23(31)25-10-9-19-7-6-8-20(15-19)30-13-11-29(5)12-14-30;1-14-6-8-16(9-7-14)10-11-21-19(25)17-12-22-15(2)24-18(17)23-13-20(3,4)5;1-14-7-6-8-16(11-14)9-10-21-19(25)17-12-22-15(2)24-18(17)23-13-20(3,4)5/h6-9,16H,10-15,17-18H2,1-5H3,(H,26,32)(H,27,28,29);6-9,16H,10-15,17H2,1-5H3,(H,25,31)(H,26,27,28);6-8,15-16H,9-14,17H2,1-5H3,(H,25,31)(H,26,27,28);6-9,12H,10-11,13H2,1-5H3,(H,21,25)(H,22,23,24);6-8,11-12H,9-10,13H2,1-5H3,(H,21,25)(H,22,23,24)/i3*5-1;;. The Morgan fingerprint density at radius 2 is 0.521 bits per heavy atom. The molecule has 0 spiro atoms. The van der Waals surface area contributed by atoms with Gasteiger partial charge in [0.1, 0.15) is 86.0 Å². The molecule has 8 heterocycles. The van der Waals surface area contributed by atoms with E-state index >= 15 is 0 Å². The minimum absolute atomic E-state index is 0.0847. The molecule has 0 saturated carbocycles. The summed E-state index contributed by atoms with van der Waals surface area (Å²) in [4.78, 5) is 121. The maximum Gasteiger partial charge on any atom is 0.256 e. The topological polar surface area (TPSA) is 354 Å². The molecule has 778 valence electrons. The summed E-state index contributed by atoms with van der Waals surface area (Å²) >= 11 is 0. The largest absolute Gasteiger partial charge is 0.369 e. The van der Waals surface area contributed by atoms with Crippen LogP contribution >= 0.6 is 0 Å². The number of carbonyl (C=O) groups is 5. The third-order valence-corrected chi connectivity index (χ3v) is 24.0. The molecular weight excluding hydrogens is 1800 g/mol. The Hall–Kier alpha value is -12.7. The average molecular weight is 1970 g/mol. The lowest BCUT2D eigenvalue weighted by atomic mass is 9.97. The fourth-order valence-electron chi connectivity index (χ4n) is 15.3. The van der Waals surface area contributed by atoms with Crippen LogP contribution < -0.4 is 63.0 Å². The lowest BCUT2D eigenvalue weighted by molar-refractivity contribution is 0.0945. The lowest BCUT2D eigenvalue weighted by Crippen LogP contribution is -2.44. The molecule has 0 bridgehead atoms. The zero-order valence-electron chi connectivity index (χ0n) is 90.9. The molecule has 3 aliphatic heterocycles. The second-order valence-corrected chi connectivity index (χ2v) is 44.3. The van der Waals surface area contributed by atoms with Crippen molar-refractivity contribution < 1.29 is 24.0 Å². The van der Waals surface area contributed by atoms with Gasteiger partial charge >= 0.3 is 0 Å². The van der Waals surface area contributed by atoms with Crippen LogP contribution in [-0.4, -0.2) is 264 Å². The Kier molecular flexibility index (Phi) is 44.2. The summed E-state index contributed by atoms with van der Waals surface area (Å²) in [5.74, 6) is 5.46. The van der Waals surface area contributed by atoms with Gasteiger partial charge in [-0.2, -0.15) is 0 Å². The molecule has 0 radical (unpaired) electrons. The van der Waals surface area contributed by atoms with Gasteiger partial charge < -0.3 is 77.7 Å². The molecule has 0 aliphatic carbocycles. The van der Waals surface area contributed by atoms with Gasteiger partial charge in [0.15, 0.2) is 0 Å². The van der Waals surface area contributed by atoms with E-state index in [1.807, 2.05) is 40.7 Å². The van der Waals surface area contributed by atoms with E-state index in [0.717, 1.165) is 150 Å². The number of amides is 5. The van der Waals surface area contributed by atoms with Crippen LogP contribution in [0.3, 0.4) is 0 Å². The molecule has 0 atom stereocenters.